The van der Waals surface area contributed by atoms with Gasteiger partial charge in [0.05, 0.1) is 0 Å². The molecule has 4 heteroatoms. The molecule has 0 aliphatic heterocycles. The zero-order chi connectivity index (χ0) is 9.50. The fraction of sp³-hybridized carbons (Fsp3) is 1.00. The van der Waals surface area contributed by atoms with Gasteiger partial charge in [-0.1, -0.05) is 20.8 Å². The molecule has 1 unspecified atom stereocenters. The van der Waals surface area contributed by atoms with E-state index in [-0.39, 0.29) is 0 Å². The molecular weight excluding hydrogens is 164 g/mol. The lowest BCUT2D eigenvalue weighted by molar-refractivity contribution is -0.253. The van der Waals surface area contributed by atoms with E-state index in [1.165, 1.54) is 0 Å². The number of thiol groups is 1. The second-order valence-electron chi connectivity index (χ2n) is 3.94. The molecule has 0 spiro atoms. The van der Waals surface area contributed by atoms with Crippen LogP contribution in [0.25, 0.3) is 0 Å². The minimum Gasteiger partial charge on any atom is -0.374 e. The van der Waals surface area contributed by atoms with E-state index in [1.807, 2.05) is 0 Å². The quantitative estimate of drug-likeness (QED) is 0.348. The van der Waals surface area contributed by atoms with Crippen LogP contribution in [0, 0.1) is 5.41 Å². The fourth-order valence-corrected chi connectivity index (χ4v) is 0.710. The van der Waals surface area contributed by atoms with E-state index in [0.717, 1.165) is 6.92 Å². The SMILES string of the molecule is CC(C)(C)C(O)(S)C(C)(O)O. The van der Waals surface area contributed by atoms with Gasteiger partial charge in [0.15, 0.2) is 10.7 Å². The molecule has 0 rings (SSSR count). The maximum atomic E-state index is 9.55. The van der Waals surface area contributed by atoms with Gasteiger partial charge < -0.3 is 15.3 Å². The lowest BCUT2D eigenvalue weighted by Gasteiger charge is -2.42. The molecule has 0 radical (unpaired) electrons. The summed E-state index contributed by atoms with van der Waals surface area (Å²) in [6, 6.07) is 0. The van der Waals surface area contributed by atoms with Crippen molar-refractivity contribution in [3.05, 3.63) is 0 Å². The van der Waals surface area contributed by atoms with E-state index in [2.05, 4.69) is 12.6 Å². The lowest BCUT2D eigenvalue weighted by Crippen LogP contribution is -2.56. The van der Waals surface area contributed by atoms with Gasteiger partial charge in [-0.05, 0) is 6.92 Å². The van der Waals surface area contributed by atoms with Crippen molar-refractivity contribution in [3.8, 4) is 0 Å². The van der Waals surface area contributed by atoms with Crippen LogP contribution in [-0.4, -0.2) is 26.0 Å². The summed E-state index contributed by atoms with van der Waals surface area (Å²) in [7, 11) is 0. The Bertz CT molecular complexity index is 125. The molecule has 0 saturated carbocycles. The van der Waals surface area contributed by atoms with Crippen LogP contribution in [0.4, 0.5) is 0 Å². The number of aliphatic hydroxyl groups is 3. The molecule has 68 valence electrons. The van der Waals surface area contributed by atoms with Crippen LogP contribution in [0.3, 0.4) is 0 Å². The van der Waals surface area contributed by atoms with Gasteiger partial charge in [-0.15, -0.1) is 12.6 Å². The van der Waals surface area contributed by atoms with Gasteiger partial charge in [-0.2, -0.15) is 0 Å². The van der Waals surface area contributed by atoms with Gasteiger partial charge in [0, 0.05) is 5.41 Å². The summed E-state index contributed by atoms with van der Waals surface area (Å²) in [5, 5.41) is 27.8. The first-order valence-corrected chi connectivity index (χ1v) is 3.84. The molecule has 0 aliphatic carbocycles. The van der Waals surface area contributed by atoms with E-state index in [1.54, 1.807) is 20.8 Å². The van der Waals surface area contributed by atoms with Crippen molar-refractivity contribution in [2.75, 3.05) is 0 Å². The van der Waals surface area contributed by atoms with Gasteiger partial charge in [0.1, 0.15) is 0 Å². The summed E-state index contributed by atoms with van der Waals surface area (Å²) < 4.78 is 0. The molecular formula is C7H16O3S. The molecule has 11 heavy (non-hydrogen) atoms. The largest absolute Gasteiger partial charge is 0.374 e. The summed E-state index contributed by atoms with van der Waals surface area (Å²) in [4.78, 5) is -1.82. The highest BCUT2D eigenvalue weighted by Crippen LogP contribution is 2.40. The number of hydrogen-bond acceptors (Lipinski definition) is 4. The van der Waals surface area contributed by atoms with Crippen molar-refractivity contribution in [2.24, 2.45) is 5.41 Å². The van der Waals surface area contributed by atoms with Gasteiger partial charge in [0.2, 0.25) is 0 Å². The fourth-order valence-electron chi connectivity index (χ4n) is 0.710. The highest BCUT2D eigenvalue weighted by molar-refractivity contribution is 7.81. The first kappa shape index (κ1) is 11.2. The van der Waals surface area contributed by atoms with Crippen molar-refractivity contribution >= 4 is 12.6 Å². The molecule has 0 saturated heterocycles. The molecule has 0 aromatic rings. The predicted octanol–water partition coefficient (Wildman–Crippen LogP) is 0.352. The van der Waals surface area contributed by atoms with Gasteiger partial charge in [-0.3, -0.25) is 0 Å². The molecule has 0 aromatic carbocycles. The second-order valence-corrected chi connectivity index (χ2v) is 4.59. The predicted molar refractivity (Wildman–Crippen MR) is 46.2 cm³/mol. The Balaban J connectivity index is 4.75. The Morgan fingerprint density at radius 3 is 1.18 bits per heavy atom. The number of hydrogen-bond donors (Lipinski definition) is 4. The van der Waals surface area contributed by atoms with E-state index >= 15 is 0 Å². The monoisotopic (exact) mass is 180 g/mol. The van der Waals surface area contributed by atoms with Crippen LogP contribution in [0.5, 0.6) is 0 Å². The normalized spacial score (nSPS) is 19.6. The molecule has 0 heterocycles. The molecule has 0 aromatic heterocycles. The third-order valence-electron chi connectivity index (χ3n) is 1.71. The lowest BCUT2D eigenvalue weighted by atomic mass is 9.84. The summed E-state index contributed by atoms with van der Waals surface area (Å²) >= 11 is 3.80. The van der Waals surface area contributed by atoms with Gasteiger partial charge >= 0.3 is 0 Å². The minimum atomic E-state index is -2.20. The van der Waals surface area contributed by atoms with Crippen LogP contribution in [-0.2, 0) is 0 Å². The van der Waals surface area contributed by atoms with E-state index in [4.69, 9.17) is 10.2 Å². The maximum Gasteiger partial charge on any atom is 0.199 e. The first-order chi connectivity index (χ1) is 4.50. The third-order valence-corrected chi connectivity index (χ3v) is 2.80. The summed E-state index contributed by atoms with van der Waals surface area (Å²) in [5.74, 6) is -2.20. The third kappa shape index (κ3) is 2.08. The van der Waals surface area contributed by atoms with E-state index < -0.39 is 16.1 Å². The van der Waals surface area contributed by atoms with E-state index in [0.29, 0.717) is 0 Å². The smallest absolute Gasteiger partial charge is 0.199 e. The summed E-state index contributed by atoms with van der Waals surface area (Å²) in [6.07, 6.45) is 0. The second kappa shape index (κ2) is 2.62. The van der Waals surface area contributed by atoms with Crippen LogP contribution in [0.2, 0.25) is 0 Å². The zero-order valence-electron chi connectivity index (χ0n) is 7.29. The molecule has 1 atom stereocenters. The number of rotatable bonds is 1. The topological polar surface area (TPSA) is 60.7 Å². The van der Waals surface area contributed by atoms with Crippen LogP contribution in [0.1, 0.15) is 27.7 Å². The molecule has 3 N–H and O–H groups in total. The van der Waals surface area contributed by atoms with Crippen molar-refractivity contribution in [1.82, 2.24) is 0 Å². The molecule has 0 amide bonds. The van der Waals surface area contributed by atoms with Crippen molar-refractivity contribution in [2.45, 2.75) is 38.4 Å². The highest BCUT2D eigenvalue weighted by atomic mass is 32.1. The summed E-state index contributed by atoms with van der Waals surface area (Å²) in [5.41, 5.74) is -0.700. The highest BCUT2D eigenvalue weighted by Gasteiger charge is 2.50. The Kier molecular flexibility index (Phi) is 2.68. The Morgan fingerprint density at radius 1 is 0.909 bits per heavy atom. The average Bonchev–Trinajstić information content (AvgIpc) is 1.58. The van der Waals surface area contributed by atoms with E-state index in [9.17, 15) is 5.11 Å². The first-order valence-electron chi connectivity index (χ1n) is 3.39. The van der Waals surface area contributed by atoms with Gasteiger partial charge in [0.25, 0.3) is 0 Å². The molecule has 0 bridgehead atoms. The molecule has 0 aliphatic rings. The Hall–Kier alpha value is 0.230. The van der Waals surface area contributed by atoms with Crippen molar-refractivity contribution < 1.29 is 15.3 Å². The summed E-state index contributed by atoms with van der Waals surface area (Å²) in [6.45, 7) is 6.12. The van der Waals surface area contributed by atoms with Crippen LogP contribution in [0.15, 0.2) is 0 Å². The molecule has 3 nitrogen and oxygen atoms in total. The Labute approximate surface area is 72.5 Å². The maximum absolute atomic E-state index is 9.55. The standard InChI is InChI=1S/C7H16O3S/c1-5(2,3)7(10,11)6(4,8)9/h8-11H,1-4H3. The van der Waals surface area contributed by atoms with Crippen LogP contribution >= 0.6 is 12.6 Å². The average molecular weight is 180 g/mol. The van der Waals surface area contributed by atoms with Crippen molar-refractivity contribution in [3.63, 3.8) is 0 Å². The molecule has 0 fully saturated rings. The minimum absolute atomic E-state index is 0.700. The zero-order valence-corrected chi connectivity index (χ0v) is 8.18. The Morgan fingerprint density at radius 2 is 1.18 bits per heavy atom. The van der Waals surface area contributed by atoms with Crippen molar-refractivity contribution in [1.29, 1.82) is 0 Å². The van der Waals surface area contributed by atoms with Gasteiger partial charge in [-0.25, -0.2) is 0 Å². The van der Waals surface area contributed by atoms with Crippen LogP contribution < -0.4 is 0 Å².